The van der Waals surface area contributed by atoms with Gasteiger partial charge in [0.25, 0.3) is 0 Å². The first-order valence-electron chi connectivity index (χ1n) is 8.71. The van der Waals surface area contributed by atoms with Crippen molar-refractivity contribution in [2.45, 2.75) is 49.5 Å². The average Bonchev–Trinajstić information content (AvgIpc) is 3.19. The molecule has 1 fully saturated rings. The van der Waals surface area contributed by atoms with Crippen molar-refractivity contribution >= 4 is 9.84 Å². The third-order valence-electron chi connectivity index (χ3n) is 4.87. The number of hydrogen-bond donors (Lipinski definition) is 1. The van der Waals surface area contributed by atoms with Crippen LogP contribution in [0.3, 0.4) is 0 Å². The molecule has 6 heteroatoms. The second-order valence-corrected chi connectivity index (χ2v) is 10.1. The Morgan fingerprint density at radius 1 is 1.16 bits per heavy atom. The summed E-state index contributed by atoms with van der Waals surface area (Å²) in [5, 5.41) is 7.86. The van der Waals surface area contributed by atoms with Crippen molar-refractivity contribution in [2.24, 2.45) is 7.05 Å². The number of nitrogens with one attached hydrogen (secondary N) is 1. The molecule has 136 valence electrons. The molecule has 0 amide bonds. The highest BCUT2D eigenvalue weighted by atomic mass is 32.2. The summed E-state index contributed by atoms with van der Waals surface area (Å²) >= 11 is 0. The summed E-state index contributed by atoms with van der Waals surface area (Å²) in [7, 11) is -1.39. The fraction of sp³-hybridized carbons (Fsp3) is 0.526. The van der Waals surface area contributed by atoms with Gasteiger partial charge in [-0.05, 0) is 42.0 Å². The van der Waals surface area contributed by atoms with E-state index >= 15 is 0 Å². The third-order valence-corrected chi connectivity index (χ3v) is 6.60. The van der Waals surface area contributed by atoms with Crippen LogP contribution >= 0.6 is 0 Å². The largest absolute Gasteiger partial charge is 0.305 e. The van der Waals surface area contributed by atoms with Crippen molar-refractivity contribution in [2.75, 3.05) is 12.3 Å². The van der Waals surface area contributed by atoms with E-state index in [0.29, 0.717) is 11.4 Å². The molecule has 0 aliphatic heterocycles. The topological polar surface area (TPSA) is 64.0 Å². The summed E-state index contributed by atoms with van der Waals surface area (Å²) in [6.45, 7) is 6.79. The van der Waals surface area contributed by atoms with Crippen LogP contribution in [0, 0.1) is 0 Å². The van der Waals surface area contributed by atoms with E-state index in [0.717, 1.165) is 24.1 Å². The van der Waals surface area contributed by atoms with Gasteiger partial charge in [-0.15, -0.1) is 0 Å². The van der Waals surface area contributed by atoms with Gasteiger partial charge in [-0.3, -0.25) is 4.68 Å². The van der Waals surface area contributed by atoms with Gasteiger partial charge >= 0.3 is 0 Å². The standard InChI is InChI=1S/C19H27N3O2S/c1-18(2,3)15-5-7-16(8-6-15)25(23,24)14-12-20-19(10-11-19)17-9-13-22(4)21-17/h5-9,13,20H,10-12,14H2,1-4H3. The Labute approximate surface area is 150 Å². The van der Waals surface area contributed by atoms with Gasteiger partial charge < -0.3 is 5.32 Å². The first kappa shape index (κ1) is 18.1. The molecule has 0 saturated heterocycles. The summed E-state index contributed by atoms with van der Waals surface area (Å²) in [5.41, 5.74) is 2.02. The van der Waals surface area contributed by atoms with Gasteiger partial charge in [0, 0.05) is 19.8 Å². The maximum Gasteiger partial charge on any atom is 0.179 e. The molecule has 0 bridgehead atoms. The Hall–Kier alpha value is -1.66. The first-order chi connectivity index (χ1) is 11.6. The Morgan fingerprint density at radius 2 is 1.80 bits per heavy atom. The van der Waals surface area contributed by atoms with Gasteiger partial charge in [-0.25, -0.2) is 8.42 Å². The van der Waals surface area contributed by atoms with E-state index in [1.165, 1.54) is 0 Å². The van der Waals surface area contributed by atoms with Crippen molar-refractivity contribution < 1.29 is 8.42 Å². The normalized spacial score (nSPS) is 16.8. The fourth-order valence-electron chi connectivity index (χ4n) is 3.02. The molecule has 2 aromatic rings. The molecule has 25 heavy (non-hydrogen) atoms. The Bertz CT molecular complexity index is 842. The lowest BCUT2D eigenvalue weighted by Gasteiger charge is -2.19. The van der Waals surface area contributed by atoms with E-state index < -0.39 is 9.84 Å². The number of benzene rings is 1. The number of hydrogen-bond acceptors (Lipinski definition) is 4. The minimum absolute atomic E-state index is 0.0187. The predicted molar refractivity (Wildman–Crippen MR) is 99.3 cm³/mol. The van der Waals surface area contributed by atoms with Crippen LogP contribution < -0.4 is 5.32 Å². The maximum absolute atomic E-state index is 12.6. The van der Waals surface area contributed by atoms with Gasteiger partial charge in [-0.2, -0.15) is 5.10 Å². The van der Waals surface area contributed by atoms with Gasteiger partial charge in [0.1, 0.15) is 0 Å². The SMILES string of the molecule is Cn1ccc(C2(NCCS(=O)(=O)c3ccc(C(C)(C)C)cc3)CC2)n1. The third kappa shape index (κ3) is 3.96. The lowest BCUT2D eigenvalue weighted by atomic mass is 9.87. The molecule has 3 rings (SSSR count). The molecule has 1 heterocycles. The Balaban J connectivity index is 1.63. The van der Waals surface area contributed by atoms with E-state index in [9.17, 15) is 8.42 Å². The highest BCUT2D eigenvalue weighted by Gasteiger charge is 2.45. The number of rotatable bonds is 6. The fourth-order valence-corrected chi connectivity index (χ4v) is 4.18. The van der Waals surface area contributed by atoms with Crippen LogP contribution in [0.25, 0.3) is 0 Å². The minimum atomic E-state index is -3.28. The quantitative estimate of drug-likeness (QED) is 0.859. The van der Waals surface area contributed by atoms with E-state index in [4.69, 9.17) is 0 Å². The van der Waals surface area contributed by atoms with Gasteiger partial charge in [0.2, 0.25) is 0 Å². The highest BCUT2D eigenvalue weighted by Crippen LogP contribution is 2.44. The zero-order valence-corrected chi connectivity index (χ0v) is 16.2. The minimum Gasteiger partial charge on any atom is -0.305 e. The molecular formula is C19H27N3O2S. The van der Waals surface area contributed by atoms with Crippen LogP contribution in [0.4, 0.5) is 0 Å². The molecule has 0 radical (unpaired) electrons. The van der Waals surface area contributed by atoms with Crippen molar-refractivity contribution in [1.82, 2.24) is 15.1 Å². The summed E-state index contributed by atoms with van der Waals surface area (Å²) in [5.74, 6) is 0.0937. The summed E-state index contributed by atoms with van der Waals surface area (Å²) in [6, 6.07) is 9.27. The van der Waals surface area contributed by atoms with E-state index in [2.05, 4.69) is 31.2 Å². The number of aromatic nitrogens is 2. The smallest absolute Gasteiger partial charge is 0.179 e. The molecule has 1 aliphatic rings. The van der Waals surface area contributed by atoms with Crippen molar-refractivity contribution in [3.8, 4) is 0 Å². The molecule has 1 saturated carbocycles. The van der Waals surface area contributed by atoms with Crippen molar-refractivity contribution in [3.63, 3.8) is 0 Å². The van der Waals surface area contributed by atoms with Gasteiger partial charge in [0.15, 0.2) is 9.84 Å². The van der Waals surface area contributed by atoms with Crippen LogP contribution in [0.1, 0.15) is 44.9 Å². The number of sulfone groups is 1. The Kier molecular flexibility index (Phi) is 4.54. The lowest BCUT2D eigenvalue weighted by molar-refractivity contribution is 0.512. The van der Waals surface area contributed by atoms with Crippen LogP contribution in [0.2, 0.25) is 0 Å². The molecule has 0 unspecified atom stereocenters. The monoisotopic (exact) mass is 361 g/mol. The molecule has 1 N–H and O–H groups in total. The second-order valence-electron chi connectivity index (χ2n) is 7.98. The van der Waals surface area contributed by atoms with E-state index in [-0.39, 0.29) is 16.7 Å². The van der Waals surface area contributed by atoms with Crippen LogP contribution in [0.5, 0.6) is 0 Å². The lowest BCUT2D eigenvalue weighted by Crippen LogP contribution is -2.33. The van der Waals surface area contributed by atoms with Crippen LogP contribution in [0.15, 0.2) is 41.4 Å². The molecule has 1 aromatic carbocycles. The summed E-state index contributed by atoms with van der Waals surface area (Å²) in [6.07, 6.45) is 3.93. The molecule has 1 aliphatic carbocycles. The van der Waals surface area contributed by atoms with Crippen molar-refractivity contribution in [3.05, 3.63) is 47.8 Å². The van der Waals surface area contributed by atoms with E-state index in [1.807, 2.05) is 31.4 Å². The number of nitrogens with zero attached hydrogens (tertiary/aromatic N) is 2. The van der Waals surface area contributed by atoms with Crippen molar-refractivity contribution in [1.29, 1.82) is 0 Å². The van der Waals surface area contributed by atoms with Crippen LogP contribution in [-0.4, -0.2) is 30.5 Å². The van der Waals surface area contributed by atoms with Gasteiger partial charge in [-0.1, -0.05) is 32.9 Å². The predicted octanol–water partition coefficient (Wildman–Crippen LogP) is 2.77. The van der Waals surface area contributed by atoms with Crippen LogP contribution in [-0.2, 0) is 27.8 Å². The zero-order chi connectivity index (χ0) is 18.3. The summed E-state index contributed by atoms with van der Waals surface area (Å²) in [4.78, 5) is 0.394. The molecular weight excluding hydrogens is 334 g/mol. The van der Waals surface area contributed by atoms with Gasteiger partial charge in [0.05, 0.1) is 21.9 Å². The first-order valence-corrected chi connectivity index (χ1v) is 10.4. The maximum atomic E-state index is 12.6. The average molecular weight is 362 g/mol. The van der Waals surface area contributed by atoms with E-state index in [1.54, 1.807) is 16.8 Å². The summed E-state index contributed by atoms with van der Waals surface area (Å²) < 4.78 is 26.9. The highest BCUT2D eigenvalue weighted by molar-refractivity contribution is 7.91. The molecule has 0 atom stereocenters. The molecule has 5 nitrogen and oxygen atoms in total. The zero-order valence-electron chi connectivity index (χ0n) is 15.4. The number of aryl methyl sites for hydroxylation is 1. The Morgan fingerprint density at radius 3 is 2.28 bits per heavy atom. The second kappa shape index (κ2) is 6.25. The molecule has 0 spiro atoms. The molecule has 1 aromatic heterocycles.